The Morgan fingerprint density at radius 2 is 2.15 bits per heavy atom. The summed E-state index contributed by atoms with van der Waals surface area (Å²) in [6.07, 6.45) is 3.62. The van der Waals surface area contributed by atoms with E-state index in [-0.39, 0.29) is 0 Å². The first kappa shape index (κ1) is 7.91. The molecular formula is C9H10N4. The second-order valence-electron chi connectivity index (χ2n) is 2.90. The monoisotopic (exact) mass is 174 g/mol. The highest BCUT2D eigenvalue weighted by atomic mass is 15.3. The normalized spacial score (nSPS) is 10.3. The molecule has 0 aromatic carbocycles. The summed E-state index contributed by atoms with van der Waals surface area (Å²) in [5, 5.41) is 4.21. The Morgan fingerprint density at radius 1 is 1.31 bits per heavy atom. The zero-order valence-electron chi connectivity index (χ0n) is 7.60. The number of rotatable bonds is 1. The van der Waals surface area contributed by atoms with Crippen LogP contribution in [0.4, 0.5) is 0 Å². The van der Waals surface area contributed by atoms with Crippen molar-refractivity contribution in [1.29, 1.82) is 0 Å². The second kappa shape index (κ2) is 2.97. The first-order chi connectivity index (χ1) is 6.25. The van der Waals surface area contributed by atoms with Crippen LogP contribution in [0.3, 0.4) is 0 Å². The SMILES string of the molecule is Cc1ccnc(-c2ccn(C)n2)n1. The Balaban J connectivity index is 2.46. The highest BCUT2D eigenvalue weighted by Crippen LogP contribution is 2.10. The lowest BCUT2D eigenvalue weighted by molar-refractivity contribution is 0.768. The molecule has 0 spiro atoms. The summed E-state index contributed by atoms with van der Waals surface area (Å²) in [7, 11) is 1.87. The maximum atomic E-state index is 4.27. The molecule has 0 atom stereocenters. The Morgan fingerprint density at radius 3 is 2.77 bits per heavy atom. The third kappa shape index (κ3) is 1.56. The average Bonchev–Trinajstić information content (AvgIpc) is 2.52. The predicted molar refractivity (Wildman–Crippen MR) is 49.0 cm³/mol. The largest absolute Gasteiger partial charge is 0.275 e. The fourth-order valence-electron chi connectivity index (χ4n) is 1.11. The lowest BCUT2D eigenvalue weighted by Gasteiger charge is -1.95. The molecule has 0 saturated carbocycles. The summed E-state index contributed by atoms with van der Waals surface area (Å²) in [6, 6.07) is 3.77. The van der Waals surface area contributed by atoms with Gasteiger partial charge in [-0.1, -0.05) is 0 Å². The molecule has 0 aliphatic rings. The van der Waals surface area contributed by atoms with Crippen LogP contribution in [0.25, 0.3) is 11.5 Å². The molecule has 0 amide bonds. The minimum absolute atomic E-state index is 0.681. The molecule has 0 aliphatic heterocycles. The first-order valence-electron chi connectivity index (χ1n) is 4.05. The summed E-state index contributed by atoms with van der Waals surface area (Å²) < 4.78 is 1.74. The van der Waals surface area contributed by atoms with Gasteiger partial charge in [0.25, 0.3) is 0 Å². The predicted octanol–water partition coefficient (Wildman–Crippen LogP) is 1.19. The quantitative estimate of drug-likeness (QED) is 0.652. The van der Waals surface area contributed by atoms with Crippen molar-refractivity contribution >= 4 is 0 Å². The van der Waals surface area contributed by atoms with Crippen LogP contribution in [0.15, 0.2) is 24.5 Å². The summed E-state index contributed by atoms with van der Waals surface area (Å²) in [6.45, 7) is 1.94. The van der Waals surface area contributed by atoms with Crippen LogP contribution in [-0.2, 0) is 7.05 Å². The Bertz CT molecular complexity index is 419. The van der Waals surface area contributed by atoms with Crippen LogP contribution < -0.4 is 0 Å². The molecule has 0 saturated heterocycles. The van der Waals surface area contributed by atoms with Gasteiger partial charge in [0.05, 0.1) is 0 Å². The van der Waals surface area contributed by atoms with Crippen LogP contribution >= 0.6 is 0 Å². The fraction of sp³-hybridized carbons (Fsp3) is 0.222. The van der Waals surface area contributed by atoms with E-state index in [0.29, 0.717) is 5.82 Å². The smallest absolute Gasteiger partial charge is 0.180 e. The molecule has 2 aromatic heterocycles. The molecule has 4 nitrogen and oxygen atoms in total. The van der Waals surface area contributed by atoms with Crippen LogP contribution in [0.1, 0.15) is 5.69 Å². The van der Waals surface area contributed by atoms with Gasteiger partial charge in [-0.15, -0.1) is 0 Å². The van der Waals surface area contributed by atoms with Crippen molar-refractivity contribution in [2.45, 2.75) is 6.92 Å². The van der Waals surface area contributed by atoms with Gasteiger partial charge in [0.2, 0.25) is 0 Å². The van der Waals surface area contributed by atoms with Gasteiger partial charge in [0, 0.05) is 25.1 Å². The maximum Gasteiger partial charge on any atom is 0.180 e. The van der Waals surface area contributed by atoms with Gasteiger partial charge in [0.1, 0.15) is 5.69 Å². The molecule has 0 N–H and O–H groups in total. The van der Waals surface area contributed by atoms with Crippen molar-refractivity contribution < 1.29 is 0 Å². The van der Waals surface area contributed by atoms with Gasteiger partial charge in [-0.05, 0) is 19.1 Å². The zero-order chi connectivity index (χ0) is 9.26. The molecule has 66 valence electrons. The van der Waals surface area contributed by atoms with E-state index in [1.807, 2.05) is 32.3 Å². The Hall–Kier alpha value is -1.71. The van der Waals surface area contributed by atoms with Crippen LogP contribution in [0.5, 0.6) is 0 Å². The number of hydrogen-bond acceptors (Lipinski definition) is 3. The Kier molecular flexibility index (Phi) is 1.81. The van der Waals surface area contributed by atoms with Gasteiger partial charge in [0.15, 0.2) is 5.82 Å². The van der Waals surface area contributed by atoms with Gasteiger partial charge >= 0.3 is 0 Å². The maximum absolute atomic E-state index is 4.27. The van der Waals surface area contributed by atoms with Crippen LogP contribution in [-0.4, -0.2) is 19.7 Å². The molecule has 2 rings (SSSR count). The van der Waals surface area contributed by atoms with Crippen molar-refractivity contribution in [2.75, 3.05) is 0 Å². The first-order valence-corrected chi connectivity index (χ1v) is 4.05. The summed E-state index contributed by atoms with van der Waals surface area (Å²) >= 11 is 0. The van der Waals surface area contributed by atoms with Crippen LogP contribution in [0, 0.1) is 6.92 Å². The van der Waals surface area contributed by atoms with Gasteiger partial charge in [-0.25, -0.2) is 9.97 Å². The molecule has 0 fully saturated rings. The average molecular weight is 174 g/mol. The van der Waals surface area contributed by atoms with E-state index in [2.05, 4.69) is 15.1 Å². The molecular weight excluding hydrogens is 164 g/mol. The van der Waals surface area contributed by atoms with E-state index in [0.717, 1.165) is 11.4 Å². The van der Waals surface area contributed by atoms with Crippen molar-refractivity contribution in [3.63, 3.8) is 0 Å². The molecule has 0 aliphatic carbocycles. The lowest BCUT2D eigenvalue weighted by Crippen LogP contribution is -1.93. The third-order valence-corrected chi connectivity index (χ3v) is 1.74. The highest BCUT2D eigenvalue weighted by molar-refractivity contribution is 5.47. The summed E-state index contributed by atoms with van der Waals surface area (Å²) in [5.74, 6) is 0.681. The van der Waals surface area contributed by atoms with Gasteiger partial charge < -0.3 is 0 Å². The van der Waals surface area contributed by atoms with Crippen molar-refractivity contribution in [3.8, 4) is 11.5 Å². The number of aromatic nitrogens is 4. The molecule has 4 heteroatoms. The Labute approximate surface area is 76.3 Å². The zero-order valence-corrected chi connectivity index (χ0v) is 7.60. The molecule has 0 radical (unpaired) electrons. The van der Waals surface area contributed by atoms with E-state index < -0.39 is 0 Å². The highest BCUT2D eigenvalue weighted by Gasteiger charge is 2.03. The van der Waals surface area contributed by atoms with E-state index in [9.17, 15) is 0 Å². The van der Waals surface area contributed by atoms with E-state index >= 15 is 0 Å². The number of nitrogens with zero attached hydrogens (tertiary/aromatic N) is 4. The van der Waals surface area contributed by atoms with Gasteiger partial charge in [-0.2, -0.15) is 5.10 Å². The molecule has 13 heavy (non-hydrogen) atoms. The number of aryl methyl sites for hydroxylation is 2. The van der Waals surface area contributed by atoms with Crippen molar-refractivity contribution in [1.82, 2.24) is 19.7 Å². The minimum atomic E-state index is 0.681. The third-order valence-electron chi connectivity index (χ3n) is 1.74. The standard InChI is InChI=1S/C9H10N4/c1-7-3-5-10-9(11-7)8-4-6-13(2)12-8/h3-6H,1-2H3. The summed E-state index contributed by atoms with van der Waals surface area (Å²) in [5.41, 5.74) is 1.77. The molecule has 2 aromatic rings. The van der Waals surface area contributed by atoms with Crippen molar-refractivity contribution in [2.24, 2.45) is 7.05 Å². The van der Waals surface area contributed by atoms with E-state index in [4.69, 9.17) is 0 Å². The minimum Gasteiger partial charge on any atom is -0.275 e. The van der Waals surface area contributed by atoms with E-state index in [1.54, 1.807) is 10.9 Å². The second-order valence-corrected chi connectivity index (χ2v) is 2.90. The number of hydrogen-bond donors (Lipinski definition) is 0. The van der Waals surface area contributed by atoms with Crippen molar-refractivity contribution in [3.05, 3.63) is 30.2 Å². The summed E-state index contributed by atoms with van der Waals surface area (Å²) in [4.78, 5) is 8.41. The fourth-order valence-corrected chi connectivity index (χ4v) is 1.11. The molecule has 2 heterocycles. The molecule has 0 unspecified atom stereocenters. The lowest BCUT2D eigenvalue weighted by atomic mass is 10.4. The van der Waals surface area contributed by atoms with Gasteiger partial charge in [-0.3, -0.25) is 4.68 Å². The van der Waals surface area contributed by atoms with E-state index in [1.165, 1.54) is 0 Å². The molecule has 0 bridgehead atoms. The topological polar surface area (TPSA) is 43.6 Å². The van der Waals surface area contributed by atoms with Crippen LogP contribution in [0.2, 0.25) is 0 Å².